The normalized spacial score (nSPS) is 18.2. The van der Waals surface area contributed by atoms with Crippen LogP contribution in [0, 0.1) is 0 Å². The maximum Gasteiger partial charge on any atom is 0.411 e. The minimum absolute atomic E-state index is 0.00629. The van der Waals surface area contributed by atoms with Crippen LogP contribution in [-0.2, 0) is 9.47 Å². The van der Waals surface area contributed by atoms with Gasteiger partial charge in [0.05, 0.1) is 25.8 Å². The summed E-state index contributed by atoms with van der Waals surface area (Å²) in [5, 5.41) is 0. The largest absolute Gasteiger partial charge is 0.494 e. The van der Waals surface area contributed by atoms with Gasteiger partial charge in [-0.25, -0.2) is 18.6 Å². The molecule has 2 saturated heterocycles. The Morgan fingerprint density at radius 2 is 1.76 bits per heavy atom. The number of alkyl halides is 2. The van der Waals surface area contributed by atoms with Gasteiger partial charge in [-0.15, -0.1) is 0 Å². The summed E-state index contributed by atoms with van der Waals surface area (Å²) in [5.74, 6) is 0.479. The third-order valence-electron chi connectivity index (χ3n) is 7.04. The number of amides is 1. The van der Waals surface area contributed by atoms with Crippen molar-refractivity contribution in [3.8, 4) is 11.7 Å². The second-order valence-electron chi connectivity index (χ2n) is 11.0. The number of hydrogen-bond acceptors (Lipinski definition) is 10. The summed E-state index contributed by atoms with van der Waals surface area (Å²) < 4.78 is 46.6. The molecule has 1 aromatic carbocycles. The van der Waals surface area contributed by atoms with Gasteiger partial charge in [0.15, 0.2) is 5.82 Å². The Labute approximate surface area is 237 Å². The smallest absolute Gasteiger partial charge is 0.411 e. The third kappa shape index (κ3) is 5.97. The van der Waals surface area contributed by atoms with Crippen molar-refractivity contribution in [2.24, 2.45) is 0 Å². The van der Waals surface area contributed by atoms with Gasteiger partial charge in [0.2, 0.25) is 17.8 Å². The van der Waals surface area contributed by atoms with Gasteiger partial charge in [0, 0.05) is 26.7 Å². The number of morpholine rings is 1. The Morgan fingerprint density at radius 1 is 1.05 bits per heavy atom. The van der Waals surface area contributed by atoms with E-state index in [0.29, 0.717) is 56.5 Å². The molecule has 0 spiro atoms. The lowest BCUT2D eigenvalue weighted by molar-refractivity contribution is 0.0196. The average Bonchev–Trinajstić information content (AvgIpc) is 3.36. The number of nitrogens with zero attached hydrogens (tertiary/aromatic N) is 8. The first-order chi connectivity index (χ1) is 19.6. The van der Waals surface area contributed by atoms with Crippen LogP contribution in [0.5, 0.6) is 5.75 Å². The fourth-order valence-corrected chi connectivity index (χ4v) is 5.09. The van der Waals surface area contributed by atoms with E-state index in [1.165, 1.54) is 11.7 Å². The SMILES string of the molecule is COc1cccc2c1nc(C(F)F)n2-c1nc(N2CCOCC2)nc(N2CCCCC2N(C)C(=O)OC(C)(C)C)n1. The van der Waals surface area contributed by atoms with Crippen LogP contribution in [0.4, 0.5) is 25.5 Å². The van der Waals surface area contributed by atoms with Crippen LogP contribution < -0.4 is 14.5 Å². The van der Waals surface area contributed by atoms with Crippen molar-refractivity contribution < 1.29 is 27.8 Å². The number of anilines is 2. The molecule has 1 atom stereocenters. The number of para-hydroxylation sites is 1. The van der Waals surface area contributed by atoms with Crippen molar-refractivity contribution in [3.63, 3.8) is 0 Å². The Balaban J connectivity index is 1.65. The predicted octanol–water partition coefficient (Wildman–Crippen LogP) is 4.18. The molecular weight excluding hydrogens is 538 g/mol. The van der Waals surface area contributed by atoms with Crippen LogP contribution in [0.1, 0.15) is 52.3 Å². The second kappa shape index (κ2) is 11.6. The Bertz CT molecular complexity index is 1390. The molecular formula is C27H36F2N8O4. The second-order valence-corrected chi connectivity index (χ2v) is 11.0. The molecule has 1 amide bonds. The fraction of sp³-hybridized carbons (Fsp3) is 0.593. The first kappa shape index (κ1) is 28.7. The fourth-order valence-electron chi connectivity index (χ4n) is 5.09. The minimum Gasteiger partial charge on any atom is -0.494 e. The van der Waals surface area contributed by atoms with Crippen LogP contribution in [0.15, 0.2) is 18.2 Å². The van der Waals surface area contributed by atoms with Gasteiger partial charge in [0.1, 0.15) is 23.0 Å². The van der Waals surface area contributed by atoms with Gasteiger partial charge < -0.3 is 24.0 Å². The quantitative estimate of drug-likeness (QED) is 0.425. The van der Waals surface area contributed by atoms with Crippen LogP contribution in [-0.4, -0.2) is 94.3 Å². The summed E-state index contributed by atoms with van der Waals surface area (Å²) in [4.78, 5) is 36.8. The molecule has 41 heavy (non-hydrogen) atoms. The highest BCUT2D eigenvalue weighted by Gasteiger charge is 2.34. The monoisotopic (exact) mass is 574 g/mol. The number of benzene rings is 1. The number of ether oxygens (including phenoxy) is 3. The van der Waals surface area contributed by atoms with Gasteiger partial charge in [-0.3, -0.25) is 9.47 Å². The Kier molecular flexibility index (Phi) is 8.11. The summed E-state index contributed by atoms with van der Waals surface area (Å²) in [5.41, 5.74) is -0.00402. The summed E-state index contributed by atoms with van der Waals surface area (Å²) in [6.45, 7) is 8.04. The maximum atomic E-state index is 14.4. The highest BCUT2D eigenvalue weighted by Crippen LogP contribution is 2.33. The number of methoxy groups -OCH3 is 1. The van der Waals surface area contributed by atoms with Crippen molar-refractivity contribution in [1.82, 2.24) is 29.4 Å². The molecule has 3 aromatic rings. The van der Waals surface area contributed by atoms with Crippen molar-refractivity contribution >= 4 is 29.0 Å². The number of fused-ring (bicyclic) bond motifs is 1. The molecule has 2 aliphatic rings. The van der Waals surface area contributed by atoms with Crippen molar-refractivity contribution in [3.05, 3.63) is 24.0 Å². The highest BCUT2D eigenvalue weighted by molar-refractivity contribution is 5.84. The van der Waals surface area contributed by atoms with E-state index in [1.807, 2.05) is 30.6 Å². The lowest BCUT2D eigenvalue weighted by atomic mass is 10.1. The Morgan fingerprint density at radius 3 is 2.44 bits per heavy atom. The molecule has 12 nitrogen and oxygen atoms in total. The van der Waals surface area contributed by atoms with Gasteiger partial charge in [0.25, 0.3) is 6.43 Å². The third-order valence-corrected chi connectivity index (χ3v) is 7.04. The summed E-state index contributed by atoms with van der Waals surface area (Å²) in [6.07, 6.45) is -1.37. The molecule has 5 rings (SSSR count). The molecule has 0 saturated carbocycles. The predicted molar refractivity (Wildman–Crippen MR) is 148 cm³/mol. The van der Waals surface area contributed by atoms with E-state index in [2.05, 4.69) is 9.97 Å². The van der Waals surface area contributed by atoms with Crippen molar-refractivity contribution in [2.45, 2.75) is 58.2 Å². The first-order valence-electron chi connectivity index (χ1n) is 13.7. The molecule has 2 aromatic heterocycles. The van der Waals surface area contributed by atoms with Gasteiger partial charge in [-0.2, -0.15) is 15.0 Å². The molecule has 2 fully saturated rings. The number of carbonyl (C=O) groups is 1. The molecule has 0 N–H and O–H groups in total. The van der Waals surface area contributed by atoms with E-state index >= 15 is 0 Å². The molecule has 14 heteroatoms. The minimum atomic E-state index is -2.90. The van der Waals surface area contributed by atoms with E-state index < -0.39 is 30.1 Å². The zero-order valence-electron chi connectivity index (χ0n) is 24.0. The van der Waals surface area contributed by atoms with Gasteiger partial charge >= 0.3 is 6.09 Å². The highest BCUT2D eigenvalue weighted by atomic mass is 19.3. The van der Waals surface area contributed by atoms with Crippen molar-refractivity contribution in [2.75, 3.05) is 56.8 Å². The van der Waals surface area contributed by atoms with Crippen molar-refractivity contribution in [1.29, 1.82) is 0 Å². The topological polar surface area (TPSA) is 111 Å². The van der Waals surface area contributed by atoms with Gasteiger partial charge in [-0.05, 0) is 52.2 Å². The molecule has 0 radical (unpaired) electrons. The Hall–Kier alpha value is -3.81. The standard InChI is InChI=1S/C27H36F2N8O4/c1-27(2,3)41-26(38)34(4)19-11-6-7-12-36(19)24-31-23(35-13-15-40-16-14-35)32-25(33-24)37-17-9-8-10-18(39-5)20(17)30-22(37)21(28)29/h8-10,19,21H,6-7,11-16H2,1-5H3. The van der Waals surface area contributed by atoms with E-state index in [4.69, 9.17) is 24.2 Å². The number of carbonyl (C=O) groups excluding carboxylic acids is 1. The number of halogens is 2. The number of piperidine rings is 1. The summed E-state index contributed by atoms with van der Waals surface area (Å²) in [7, 11) is 3.15. The van der Waals surface area contributed by atoms with Crippen LogP contribution in [0.25, 0.3) is 17.0 Å². The van der Waals surface area contributed by atoms with E-state index in [1.54, 1.807) is 30.1 Å². The number of aromatic nitrogens is 5. The van der Waals surface area contributed by atoms with Crippen LogP contribution >= 0.6 is 0 Å². The lowest BCUT2D eigenvalue weighted by Crippen LogP contribution is -2.53. The lowest BCUT2D eigenvalue weighted by Gasteiger charge is -2.41. The average molecular weight is 575 g/mol. The zero-order chi connectivity index (χ0) is 29.3. The first-order valence-corrected chi connectivity index (χ1v) is 13.7. The number of hydrogen-bond donors (Lipinski definition) is 0. The summed E-state index contributed by atoms with van der Waals surface area (Å²) >= 11 is 0. The molecule has 2 aliphatic heterocycles. The van der Waals surface area contributed by atoms with E-state index in [0.717, 1.165) is 12.8 Å². The zero-order valence-corrected chi connectivity index (χ0v) is 24.0. The molecule has 222 valence electrons. The van der Waals surface area contributed by atoms with E-state index in [9.17, 15) is 13.6 Å². The molecule has 1 unspecified atom stereocenters. The van der Waals surface area contributed by atoms with Crippen LogP contribution in [0.3, 0.4) is 0 Å². The van der Waals surface area contributed by atoms with Crippen LogP contribution in [0.2, 0.25) is 0 Å². The number of rotatable bonds is 6. The molecule has 0 aliphatic carbocycles. The summed E-state index contributed by atoms with van der Waals surface area (Å²) in [6, 6.07) is 5.04. The molecule has 4 heterocycles. The maximum absolute atomic E-state index is 14.4. The number of imidazole rings is 1. The van der Waals surface area contributed by atoms with E-state index in [-0.39, 0.29) is 17.4 Å². The van der Waals surface area contributed by atoms with Gasteiger partial charge in [-0.1, -0.05) is 6.07 Å². The molecule has 0 bridgehead atoms.